The first-order chi connectivity index (χ1) is 11.6. The first-order valence-corrected chi connectivity index (χ1v) is 8.52. The van der Waals surface area contributed by atoms with Crippen molar-refractivity contribution in [2.45, 2.75) is 13.5 Å². The molecule has 0 amide bonds. The fraction of sp³-hybridized carbons (Fsp3) is 0.176. The number of halogens is 1. The predicted octanol–water partition coefficient (Wildman–Crippen LogP) is 3.59. The van der Waals surface area contributed by atoms with Crippen LogP contribution >= 0.6 is 28.1 Å². The molecule has 24 heavy (non-hydrogen) atoms. The maximum Gasteiger partial charge on any atom is 0.184 e. The summed E-state index contributed by atoms with van der Waals surface area (Å²) in [7, 11) is 0. The van der Waals surface area contributed by atoms with Crippen molar-refractivity contribution in [3.8, 4) is 11.5 Å². The molecule has 0 aliphatic carbocycles. The van der Waals surface area contributed by atoms with Gasteiger partial charge in [-0.2, -0.15) is 5.10 Å². The van der Waals surface area contributed by atoms with Crippen molar-refractivity contribution in [2.24, 2.45) is 10.8 Å². The average Bonchev–Trinajstić information content (AvgIpc) is 2.57. The van der Waals surface area contributed by atoms with Gasteiger partial charge in [0.2, 0.25) is 0 Å². The van der Waals surface area contributed by atoms with E-state index in [2.05, 4.69) is 26.5 Å². The summed E-state index contributed by atoms with van der Waals surface area (Å²) >= 11 is 8.22. The molecular weight excluding hydrogens is 390 g/mol. The van der Waals surface area contributed by atoms with Crippen molar-refractivity contribution in [1.29, 1.82) is 0 Å². The Labute approximate surface area is 155 Å². The van der Waals surface area contributed by atoms with Crippen LogP contribution in [0.5, 0.6) is 11.5 Å². The molecule has 0 radical (unpaired) electrons. The molecule has 0 aliphatic heterocycles. The monoisotopic (exact) mass is 407 g/mol. The van der Waals surface area contributed by atoms with Gasteiger partial charge in [-0.25, -0.2) is 0 Å². The third-order valence-electron chi connectivity index (χ3n) is 2.98. The number of thiocarbonyl (C=S) groups is 1. The Kier molecular flexibility index (Phi) is 7.02. The van der Waals surface area contributed by atoms with Crippen LogP contribution < -0.4 is 20.6 Å². The number of hydrogen-bond donors (Lipinski definition) is 2. The van der Waals surface area contributed by atoms with E-state index < -0.39 is 0 Å². The zero-order valence-electron chi connectivity index (χ0n) is 13.2. The Bertz CT molecular complexity index is 723. The van der Waals surface area contributed by atoms with Crippen LogP contribution in [0.3, 0.4) is 0 Å². The molecule has 0 unspecified atom stereocenters. The van der Waals surface area contributed by atoms with Crippen molar-refractivity contribution in [2.75, 3.05) is 6.61 Å². The van der Waals surface area contributed by atoms with Gasteiger partial charge in [0.25, 0.3) is 0 Å². The molecule has 0 bridgehead atoms. The van der Waals surface area contributed by atoms with Gasteiger partial charge in [-0.15, -0.1) is 0 Å². The Hall–Kier alpha value is -2.12. The second-order valence-corrected chi connectivity index (χ2v) is 6.06. The molecule has 0 saturated heterocycles. The van der Waals surface area contributed by atoms with Gasteiger partial charge in [0, 0.05) is 10.0 Å². The minimum absolute atomic E-state index is 0.107. The molecule has 0 spiro atoms. The lowest BCUT2D eigenvalue weighted by Crippen LogP contribution is -2.24. The van der Waals surface area contributed by atoms with Gasteiger partial charge in [-0.05, 0) is 52.8 Å². The zero-order valence-corrected chi connectivity index (χ0v) is 15.6. The molecule has 0 aliphatic rings. The normalized spacial score (nSPS) is 10.6. The fourth-order valence-electron chi connectivity index (χ4n) is 1.93. The van der Waals surface area contributed by atoms with Crippen LogP contribution in [-0.4, -0.2) is 17.9 Å². The van der Waals surface area contributed by atoms with E-state index in [0.717, 1.165) is 15.6 Å². The number of ether oxygens (including phenoxy) is 2. The van der Waals surface area contributed by atoms with Crippen LogP contribution in [0.15, 0.2) is 52.0 Å². The van der Waals surface area contributed by atoms with Crippen LogP contribution in [0.1, 0.15) is 18.1 Å². The molecule has 2 aromatic carbocycles. The van der Waals surface area contributed by atoms with E-state index in [1.165, 1.54) is 0 Å². The summed E-state index contributed by atoms with van der Waals surface area (Å²) in [5.74, 6) is 1.31. The highest BCUT2D eigenvalue weighted by atomic mass is 79.9. The number of hydrazone groups is 1. The van der Waals surface area contributed by atoms with E-state index in [9.17, 15) is 0 Å². The highest BCUT2D eigenvalue weighted by Crippen LogP contribution is 2.33. The average molecular weight is 408 g/mol. The van der Waals surface area contributed by atoms with Gasteiger partial charge in [0.15, 0.2) is 16.6 Å². The summed E-state index contributed by atoms with van der Waals surface area (Å²) in [4.78, 5) is 0. The summed E-state index contributed by atoms with van der Waals surface area (Å²) in [5.41, 5.74) is 9.76. The Morgan fingerprint density at radius 3 is 2.62 bits per heavy atom. The smallest absolute Gasteiger partial charge is 0.184 e. The number of benzene rings is 2. The lowest BCUT2D eigenvalue weighted by Gasteiger charge is -2.14. The summed E-state index contributed by atoms with van der Waals surface area (Å²) in [6.45, 7) is 2.92. The van der Waals surface area contributed by atoms with Crippen molar-refractivity contribution in [1.82, 2.24) is 5.43 Å². The summed E-state index contributed by atoms with van der Waals surface area (Å²) < 4.78 is 12.4. The highest BCUT2D eigenvalue weighted by Gasteiger charge is 2.10. The van der Waals surface area contributed by atoms with Gasteiger partial charge < -0.3 is 15.2 Å². The Morgan fingerprint density at radius 1 is 1.25 bits per heavy atom. The number of nitrogens with zero attached hydrogens (tertiary/aromatic N) is 1. The number of nitrogens with two attached hydrogens (primary N) is 1. The molecule has 5 nitrogen and oxygen atoms in total. The van der Waals surface area contributed by atoms with Gasteiger partial charge in [-0.3, -0.25) is 5.43 Å². The third kappa shape index (κ3) is 5.50. The second kappa shape index (κ2) is 9.24. The molecule has 2 aromatic rings. The SMILES string of the molecule is CCOc1cc(C=NNC(N)=S)c(Br)cc1OCc1ccccc1. The maximum atomic E-state index is 5.90. The minimum atomic E-state index is 0.107. The van der Waals surface area contributed by atoms with Crippen LogP contribution in [-0.2, 0) is 6.61 Å². The molecule has 2 rings (SSSR count). The number of hydrogen-bond acceptors (Lipinski definition) is 4. The molecular formula is C17H18BrN3O2S. The summed E-state index contributed by atoms with van der Waals surface area (Å²) in [6.07, 6.45) is 1.60. The molecule has 0 aromatic heterocycles. The van der Waals surface area contributed by atoms with Crippen molar-refractivity contribution >= 4 is 39.5 Å². The van der Waals surface area contributed by atoms with Crippen molar-refractivity contribution in [3.05, 3.63) is 58.1 Å². The fourth-order valence-corrected chi connectivity index (χ4v) is 2.41. The standard InChI is InChI=1S/C17H18BrN3O2S/c1-2-22-15-8-13(10-20-21-17(19)24)14(18)9-16(15)23-11-12-6-4-3-5-7-12/h3-10H,2,11H2,1H3,(H3,19,21,24). The molecule has 0 heterocycles. The van der Waals surface area contributed by atoms with E-state index in [1.54, 1.807) is 6.21 Å². The predicted molar refractivity (Wildman–Crippen MR) is 104 cm³/mol. The molecule has 0 saturated carbocycles. The highest BCUT2D eigenvalue weighted by molar-refractivity contribution is 9.10. The van der Waals surface area contributed by atoms with Gasteiger partial charge in [-0.1, -0.05) is 30.3 Å². The van der Waals surface area contributed by atoms with Crippen molar-refractivity contribution < 1.29 is 9.47 Å². The molecule has 7 heteroatoms. The Balaban J connectivity index is 2.19. The van der Waals surface area contributed by atoms with Crippen LogP contribution in [0, 0.1) is 0 Å². The van der Waals surface area contributed by atoms with Gasteiger partial charge >= 0.3 is 0 Å². The largest absolute Gasteiger partial charge is 0.490 e. The van der Waals surface area contributed by atoms with E-state index >= 15 is 0 Å². The third-order valence-corrected chi connectivity index (χ3v) is 3.76. The molecule has 0 atom stereocenters. The Morgan fingerprint density at radius 2 is 1.96 bits per heavy atom. The summed E-state index contributed by atoms with van der Waals surface area (Å²) in [5, 5.41) is 4.07. The van der Waals surface area contributed by atoms with E-state index in [0.29, 0.717) is 24.7 Å². The van der Waals surface area contributed by atoms with Crippen LogP contribution in [0.4, 0.5) is 0 Å². The van der Waals surface area contributed by atoms with E-state index in [1.807, 2.05) is 49.4 Å². The van der Waals surface area contributed by atoms with Gasteiger partial charge in [0.05, 0.1) is 12.8 Å². The van der Waals surface area contributed by atoms with E-state index in [4.69, 9.17) is 27.4 Å². The van der Waals surface area contributed by atoms with Crippen LogP contribution in [0.2, 0.25) is 0 Å². The lowest BCUT2D eigenvalue weighted by atomic mass is 10.2. The first kappa shape index (κ1) is 18.2. The molecule has 3 N–H and O–H groups in total. The van der Waals surface area contributed by atoms with Gasteiger partial charge in [0.1, 0.15) is 6.61 Å². The number of rotatable bonds is 7. The molecule has 0 fully saturated rings. The summed E-state index contributed by atoms with van der Waals surface area (Å²) in [6, 6.07) is 13.7. The zero-order chi connectivity index (χ0) is 17.4. The van der Waals surface area contributed by atoms with Crippen LogP contribution in [0.25, 0.3) is 0 Å². The topological polar surface area (TPSA) is 68.9 Å². The second-order valence-electron chi connectivity index (χ2n) is 4.76. The van der Waals surface area contributed by atoms with Crippen molar-refractivity contribution in [3.63, 3.8) is 0 Å². The molecule has 126 valence electrons. The van der Waals surface area contributed by atoms with E-state index in [-0.39, 0.29) is 5.11 Å². The quantitative estimate of drug-likeness (QED) is 0.416. The first-order valence-electron chi connectivity index (χ1n) is 7.31. The number of nitrogens with one attached hydrogen (secondary N) is 1. The minimum Gasteiger partial charge on any atom is -0.490 e. The maximum absolute atomic E-state index is 5.90. The lowest BCUT2D eigenvalue weighted by molar-refractivity contribution is 0.269.